The Morgan fingerprint density at radius 1 is 1.29 bits per heavy atom. The maximum atomic E-state index is 13.0. The molecule has 1 aliphatic heterocycles. The number of benzene rings is 1. The quantitative estimate of drug-likeness (QED) is 0.911. The number of rotatable bonds is 5. The zero-order valence-electron chi connectivity index (χ0n) is 14.0. The molecule has 1 N–H and O–H groups in total. The molecule has 0 radical (unpaired) electrons. The van der Waals surface area contributed by atoms with Gasteiger partial charge in [-0.3, -0.25) is 4.79 Å². The SMILES string of the molecule is CC(C)[C@H]1CCN1C(=O)[C@@H](C)Nc1nnc(-c2ccc(F)cc2)o1. The molecule has 0 spiro atoms. The summed E-state index contributed by atoms with van der Waals surface area (Å²) in [6.45, 7) is 6.81. The molecule has 0 aliphatic carbocycles. The topological polar surface area (TPSA) is 71.3 Å². The fourth-order valence-electron chi connectivity index (χ4n) is 2.86. The van der Waals surface area contributed by atoms with E-state index in [1.54, 1.807) is 19.1 Å². The van der Waals surface area contributed by atoms with Gasteiger partial charge in [0.2, 0.25) is 11.8 Å². The smallest absolute Gasteiger partial charge is 0.316 e. The average Bonchev–Trinajstić information content (AvgIpc) is 2.94. The van der Waals surface area contributed by atoms with Crippen molar-refractivity contribution in [2.75, 3.05) is 11.9 Å². The van der Waals surface area contributed by atoms with Gasteiger partial charge in [-0.25, -0.2) is 4.39 Å². The molecule has 0 saturated carbocycles. The second kappa shape index (κ2) is 6.59. The van der Waals surface area contributed by atoms with Gasteiger partial charge in [0.25, 0.3) is 0 Å². The van der Waals surface area contributed by atoms with Crippen molar-refractivity contribution in [3.8, 4) is 11.5 Å². The normalized spacial score (nSPS) is 18.4. The number of nitrogens with zero attached hydrogens (tertiary/aromatic N) is 3. The predicted octanol–water partition coefficient (Wildman–Crippen LogP) is 2.93. The van der Waals surface area contributed by atoms with Crippen molar-refractivity contribution >= 4 is 11.9 Å². The molecular formula is C17H21FN4O2. The fraction of sp³-hybridized carbons (Fsp3) is 0.471. The third-order valence-electron chi connectivity index (χ3n) is 4.35. The number of likely N-dealkylation sites (tertiary alicyclic amines) is 1. The van der Waals surface area contributed by atoms with Gasteiger partial charge in [-0.1, -0.05) is 18.9 Å². The van der Waals surface area contributed by atoms with Gasteiger partial charge in [0.15, 0.2) is 0 Å². The molecule has 0 unspecified atom stereocenters. The van der Waals surface area contributed by atoms with Gasteiger partial charge < -0.3 is 14.6 Å². The number of hydrogen-bond acceptors (Lipinski definition) is 5. The number of aromatic nitrogens is 2. The first-order chi connectivity index (χ1) is 11.5. The van der Waals surface area contributed by atoms with Crippen LogP contribution in [0.4, 0.5) is 10.4 Å². The van der Waals surface area contributed by atoms with Crippen LogP contribution in [0.3, 0.4) is 0 Å². The molecule has 6 nitrogen and oxygen atoms in total. The number of carbonyl (C=O) groups excluding carboxylic acids is 1. The molecule has 2 aromatic rings. The van der Waals surface area contributed by atoms with Crippen LogP contribution >= 0.6 is 0 Å². The summed E-state index contributed by atoms with van der Waals surface area (Å²) in [6, 6.07) is 5.82. The van der Waals surface area contributed by atoms with Crippen LogP contribution in [0.25, 0.3) is 11.5 Å². The van der Waals surface area contributed by atoms with Gasteiger partial charge in [0.05, 0.1) is 0 Å². The average molecular weight is 332 g/mol. The molecule has 1 saturated heterocycles. The van der Waals surface area contributed by atoms with Gasteiger partial charge in [-0.05, 0) is 43.5 Å². The van der Waals surface area contributed by atoms with Crippen LogP contribution in [-0.4, -0.2) is 39.6 Å². The largest absolute Gasteiger partial charge is 0.403 e. The highest BCUT2D eigenvalue weighted by Crippen LogP contribution is 2.26. The van der Waals surface area contributed by atoms with Crippen LogP contribution in [-0.2, 0) is 4.79 Å². The molecule has 0 bridgehead atoms. The van der Waals surface area contributed by atoms with Crippen molar-refractivity contribution in [2.45, 2.75) is 39.3 Å². The van der Waals surface area contributed by atoms with E-state index in [2.05, 4.69) is 29.4 Å². The van der Waals surface area contributed by atoms with Crippen molar-refractivity contribution in [1.29, 1.82) is 0 Å². The van der Waals surface area contributed by atoms with Crippen LogP contribution in [0.1, 0.15) is 27.2 Å². The van der Waals surface area contributed by atoms with Crippen LogP contribution in [0, 0.1) is 11.7 Å². The van der Waals surface area contributed by atoms with Crippen molar-refractivity contribution in [2.24, 2.45) is 5.92 Å². The minimum absolute atomic E-state index is 0.0292. The molecule has 1 aliphatic rings. The molecule has 1 aromatic carbocycles. The third kappa shape index (κ3) is 3.25. The zero-order chi connectivity index (χ0) is 17.3. The van der Waals surface area contributed by atoms with E-state index in [1.165, 1.54) is 12.1 Å². The summed E-state index contributed by atoms with van der Waals surface area (Å²) in [6.07, 6.45) is 1.05. The maximum Gasteiger partial charge on any atom is 0.316 e. The first-order valence-corrected chi connectivity index (χ1v) is 8.12. The van der Waals surface area contributed by atoms with E-state index < -0.39 is 6.04 Å². The predicted molar refractivity (Wildman–Crippen MR) is 87.7 cm³/mol. The molecule has 7 heteroatoms. The Hall–Kier alpha value is -2.44. The summed E-state index contributed by atoms with van der Waals surface area (Å²) in [4.78, 5) is 14.4. The Morgan fingerprint density at radius 2 is 2.00 bits per heavy atom. The summed E-state index contributed by atoms with van der Waals surface area (Å²) < 4.78 is 18.5. The number of amides is 1. The number of halogens is 1. The molecule has 2 heterocycles. The van der Waals surface area contributed by atoms with Crippen molar-refractivity contribution in [1.82, 2.24) is 15.1 Å². The van der Waals surface area contributed by atoms with E-state index in [0.717, 1.165) is 13.0 Å². The Morgan fingerprint density at radius 3 is 2.58 bits per heavy atom. The van der Waals surface area contributed by atoms with E-state index in [9.17, 15) is 9.18 Å². The first kappa shape index (κ1) is 16.4. The second-order valence-electron chi connectivity index (χ2n) is 6.42. The van der Waals surface area contributed by atoms with Crippen LogP contribution < -0.4 is 5.32 Å². The van der Waals surface area contributed by atoms with Gasteiger partial charge in [0, 0.05) is 18.2 Å². The molecular weight excluding hydrogens is 311 g/mol. The number of nitrogens with one attached hydrogen (secondary N) is 1. The Bertz CT molecular complexity index is 714. The lowest BCUT2D eigenvalue weighted by atomic mass is 9.91. The maximum absolute atomic E-state index is 13.0. The van der Waals surface area contributed by atoms with Gasteiger partial charge >= 0.3 is 6.01 Å². The monoisotopic (exact) mass is 332 g/mol. The number of anilines is 1. The Balaban J connectivity index is 1.64. The molecule has 128 valence electrons. The zero-order valence-corrected chi connectivity index (χ0v) is 14.0. The van der Waals surface area contributed by atoms with Crippen LogP contribution in [0.5, 0.6) is 0 Å². The molecule has 24 heavy (non-hydrogen) atoms. The lowest BCUT2D eigenvalue weighted by Crippen LogP contribution is -2.57. The van der Waals surface area contributed by atoms with Crippen molar-refractivity contribution < 1.29 is 13.6 Å². The summed E-state index contributed by atoms with van der Waals surface area (Å²) in [5.74, 6) is 0.427. The Labute approximate surface area is 140 Å². The highest BCUT2D eigenvalue weighted by atomic mass is 19.1. The fourth-order valence-corrected chi connectivity index (χ4v) is 2.86. The molecule has 1 fully saturated rings. The van der Waals surface area contributed by atoms with Gasteiger partial charge in [-0.15, -0.1) is 5.10 Å². The van der Waals surface area contributed by atoms with Crippen molar-refractivity contribution in [3.63, 3.8) is 0 Å². The van der Waals surface area contributed by atoms with Gasteiger partial charge in [0.1, 0.15) is 11.9 Å². The summed E-state index contributed by atoms with van der Waals surface area (Å²) >= 11 is 0. The van der Waals surface area contributed by atoms with E-state index >= 15 is 0 Å². The van der Waals surface area contributed by atoms with Crippen LogP contribution in [0.15, 0.2) is 28.7 Å². The van der Waals surface area contributed by atoms with E-state index in [4.69, 9.17) is 4.42 Å². The lowest BCUT2D eigenvalue weighted by Gasteiger charge is -2.44. The highest BCUT2D eigenvalue weighted by molar-refractivity contribution is 5.84. The number of hydrogen-bond donors (Lipinski definition) is 1. The lowest BCUT2D eigenvalue weighted by molar-refractivity contribution is -0.141. The molecule has 1 aromatic heterocycles. The van der Waals surface area contributed by atoms with Crippen LogP contribution in [0.2, 0.25) is 0 Å². The van der Waals surface area contributed by atoms with E-state index in [0.29, 0.717) is 17.5 Å². The summed E-state index contributed by atoms with van der Waals surface area (Å²) in [5, 5.41) is 10.8. The summed E-state index contributed by atoms with van der Waals surface area (Å²) in [7, 11) is 0. The molecule has 1 amide bonds. The van der Waals surface area contributed by atoms with Gasteiger partial charge in [-0.2, -0.15) is 0 Å². The molecule has 3 rings (SSSR count). The minimum Gasteiger partial charge on any atom is -0.403 e. The summed E-state index contributed by atoms with van der Waals surface area (Å²) in [5.41, 5.74) is 0.624. The van der Waals surface area contributed by atoms with E-state index in [1.807, 2.05) is 4.90 Å². The minimum atomic E-state index is -0.451. The molecule has 2 atom stereocenters. The Kier molecular flexibility index (Phi) is 4.51. The first-order valence-electron chi connectivity index (χ1n) is 8.12. The standard InChI is InChI=1S/C17H21FN4O2/c1-10(2)14-8-9-22(14)16(23)11(3)19-17-21-20-15(24-17)12-4-6-13(18)7-5-12/h4-7,10-11,14H,8-9H2,1-3H3,(H,19,21)/t11-,14-/m1/s1. The number of carbonyl (C=O) groups is 1. The van der Waals surface area contributed by atoms with Crippen molar-refractivity contribution in [3.05, 3.63) is 30.1 Å². The highest BCUT2D eigenvalue weighted by Gasteiger charge is 2.36. The van der Waals surface area contributed by atoms with E-state index in [-0.39, 0.29) is 23.6 Å². The third-order valence-corrected chi connectivity index (χ3v) is 4.35. The second-order valence-corrected chi connectivity index (χ2v) is 6.42.